The normalized spacial score (nSPS) is 14.3. The molecule has 0 amide bonds. The summed E-state index contributed by atoms with van der Waals surface area (Å²) in [7, 11) is -0.315. The van der Waals surface area contributed by atoms with E-state index in [4.69, 9.17) is 14.2 Å². The average molecular weight is 1130 g/mol. The molecule has 4 aromatic rings. The predicted molar refractivity (Wildman–Crippen MR) is 266 cm³/mol. The average Bonchev–Trinajstić information content (AvgIpc) is 4.01. The molecule has 65 heavy (non-hydrogen) atoms. The fraction of sp³-hybridized carbons (Fsp3) is 0.640. The van der Waals surface area contributed by atoms with Crippen molar-refractivity contribution in [3.05, 3.63) is 95.6 Å². The Morgan fingerprint density at radius 2 is 0.738 bits per heavy atom. The zero-order valence-electron chi connectivity index (χ0n) is 42.1. The summed E-state index contributed by atoms with van der Waals surface area (Å²) in [5.74, 6) is 0. The first-order chi connectivity index (χ1) is 27.7. The van der Waals surface area contributed by atoms with Crippen LogP contribution in [0.2, 0.25) is 0 Å². The van der Waals surface area contributed by atoms with Crippen LogP contribution in [-0.4, -0.2) is 102 Å². The maximum absolute atomic E-state index is 4.94. The Morgan fingerprint density at radius 3 is 0.923 bits per heavy atom. The minimum Gasteiger partial charge on any atom is -0.870 e. The Labute approximate surface area is 424 Å². The number of nitrogens with zero attached hydrogens (tertiary/aromatic N) is 4. The zero-order chi connectivity index (χ0) is 43.7. The predicted octanol–water partition coefficient (Wildman–Crippen LogP) is 11.5. The van der Waals surface area contributed by atoms with Gasteiger partial charge in [0.25, 0.3) is 0 Å². The summed E-state index contributed by atoms with van der Waals surface area (Å²) in [6, 6.07) is 24.0. The van der Waals surface area contributed by atoms with E-state index in [0.29, 0.717) is 20.6 Å². The maximum atomic E-state index is 4.94. The molecule has 0 radical (unpaired) electrons. The van der Waals surface area contributed by atoms with Crippen molar-refractivity contribution in [2.45, 2.75) is 168 Å². The van der Waals surface area contributed by atoms with E-state index in [0.717, 1.165) is 74.7 Å². The summed E-state index contributed by atoms with van der Waals surface area (Å²) in [5.41, 5.74) is 6.95. The van der Waals surface area contributed by atoms with Gasteiger partial charge < -0.3 is 36.1 Å². The molecule has 6 N–H and O–H groups in total. The number of ether oxygens (including phenoxy) is 3. The Kier molecular flexibility index (Phi) is 36.9. The van der Waals surface area contributed by atoms with Gasteiger partial charge in [-0.3, -0.25) is 9.36 Å². The van der Waals surface area contributed by atoms with Crippen LogP contribution in [0.4, 0.5) is 0 Å². The molecule has 3 aliphatic rings. The molecule has 15 heteroatoms. The van der Waals surface area contributed by atoms with Gasteiger partial charge in [-0.15, -0.1) is 12.1 Å². The van der Waals surface area contributed by atoms with Gasteiger partial charge in [0.1, 0.15) is 0 Å². The molecule has 3 saturated heterocycles. The van der Waals surface area contributed by atoms with E-state index < -0.39 is 0 Å². The van der Waals surface area contributed by atoms with Crippen LogP contribution in [0, 0.1) is 26.0 Å². The van der Waals surface area contributed by atoms with Crippen molar-refractivity contribution >= 4 is 15.8 Å². The van der Waals surface area contributed by atoms with Gasteiger partial charge in [-0.25, -0.2) is 0 Å². The van der Waals surface area contributed by atoms with Gasteiger partial charge in [-0.2, -0.15) is 57.7 Å². The molecule has 3 aliphatic heterocycles. The van der Waals surface area contributed by atoms with E-state index in [1.165, 1.54) is 49.7 Å². The standard InChI is InChI=1S/2C19H28N2P.3C4H8O.4H2O.2Pd/c2*1-15-11-12-20-21(15)17-10-8-9-16(13-17)14-22(18(2,3)4)19(5,6)7;3*1-2-4-5-3-1;;;;;;/h2*8-12H,14H2,1-7H3;3*1-4H2;4*1H2;;/q2*-1;;;;;;;;2*+2/p-2. The molecule has 0 spiro atoms. The smallest absolute Gasteiger partial charge is 0.870 e. The van der Waals surface area contributed by atoms with Crippen molar-refractivity contribution in [1.82, 2.24) is 19.6 Å². The minimum absolute atomic E-state index is 0. The molecule has 0 bridgehead atoms. The van der Waals surface area contributed by atoms with E-state index >= 15 is 0 Å². The van der Waals surface area contributed by atoms with Crippen LogP contribution in [-0.2, 0) is 67.4 Å². The number of hydrogen-bond acceptors (Lipinski definition) is 7. The van der Waals surface area contributed by atoms with Crippen LogP contribution in [0.5, 0.6) is 0 Å². The third-order valence-corrected chi connectivity index (χ3v) is 18.0. The Morgan fingerprint density at radius 1 is 0.477 bits per heavy atom. The summed E-state index contributed by atoms with van der Waals surface area (Å²) in [6.07, 6.45) is 13.6. The van der Waals surface area contributed by atoms with Crippen LogP contribution in [0.25, 0.3) is 11.4 Å². The van der Waals surface area contributed by atoms with Crippen molar-refractivity contribution in [1.29, 1.82) is 0 Å². The molecule has 11 nitrogen and oxygen atoms in total. The third-order valence-electron chi connectivity index (χ3n) is 10.2. The molecule has 0 atom stereocenters. The first-order valence-corrected chi connectivity index (χ1v) is 25.1. The van der Waals surface area contributed by atoms with Crippen molar-refractivity contribution in [2.75, 3.05) is 39.6 Å². The first kappa shape index (κ1) is 70.3. The van der Waals surface area contributed by atoms with E-state index in [1.807, 2.05) is 33.9 Å². The second-order valence-electron chi connectivity index (χ2n) is 19.7. The van der Waals surface area contributed by atoms with Crippen LogP contribution in [0.3, 0.4) is 0 Å². The number of aryl methyl sites for hydroxylation is 2. The van der Waals surface area contributed by atoms with Crippen LogP contribution in [0.1, 0.15) is 144 Å². The molecule has 0 unspecified atom stereocenters. The molecule has 378 valence electrons. The van der Waals surface area contributed by atoms with Gasteiger partial charge in [0.2, 0.25) is 0 Å². The van der Waals surface area contributed by atoms with Crippen molar-refractivity contribution in [2.24, 2.45) is 0 Å². The topological polar surface area (TPSA) is 186 Å². The number of hydrogen-bond donors (Lipinski definition) is 0. The molecule has 3 fully saturated rings. The van der Waals surface area contributed by atoms with Gasteiger partial charge in [-0.05, 0) is 109 Å². The molecular weight excluding hydrogens is 1040 g/mol. The van der Waals surface area contributed by atoms with Gasteiger partial charge >= 0.3 is 40.8 Å². The second kappa shape index (κ2) is 34.1. The SMILES string of the molecule is C1CCOC1.C1CCOC1.C1CCOC1.Cc1ccnn1-c1[c-]c(CP(C(C)(C)C)C(C)(C)C)ccc1.Cc1ccnn1-c1[c-]c(CP(C(C)(C)C)C(C)(C)C)ccc1.O.O.[OH-].[OH-].[Pd+2].[Pd+2]. The first-order valence-electron chi connectivity index (χ1n) is 22.0. The van der Waals surface area contributed by atoms with Crippen LogP contribution < -0.4 is 0 Å². The minimum atomic E-state index is -0.157. The number of aromatic nitrogens is 4. The summed E-state index contributed by atoms with van der Waals surface area (Å²) >= 11 is 0. The summed E-state index contributed by atoms with van der Waals surface area (Å²) in [6.45, 7) is 38.5. The van der Waals surface area contributed by atoms with E-state index in [-0.39, 0.29) is 78.6 Å². The van der Waals surface area contributed by atoms with Gasteiger partial charge in [0.15, 0.2) is 0 Å². The quantitative estimate of drug-likeness (QED) is 0.104. The number of benzene rings is 2. The fourth-order valence-corrected chi connectivity index (χ4v) is 14.5. The summed E-state index contributed by atoms with van der Waals surface area (Å²) in [5, 5.41) is 10.1. The molecule has 0 saturated carbocycles. The van der Waals surface area contributed by atoms with E-state index in [9.17, 15) is 0 Å². The molecular formula is C50H86N4O7P2Pd2. The third kappa shape index (κ3) is 26.4. The second-order valence-corrected chi connectivity index (χ2v) is 27.4. The Hall–Kier alpha value is -1.24. The largest absolute Gasteiger partial charge is 2.00 e. The molecule has 0 aliphatic carbocycles. The van der Waals surface area contributed by atoms with Crippen molar-refractivity contribution in [3.8, 4) is 11.4 Å². The number of rotatable bonds is 6. The molecule has 2 aromatic heterocycles. The van der Waals surface area contributed by atoms with Gasteiger partial charge in [-0.1, -0.05) is 98.9 Å². The van der Waals surface area contributed by atoms with E-state index in [1.54, 1.807) is 0 Å². The summed E-state index contributed by atoms with van der Waals surface area (Å²) < 4.78 is 18.7. The Bertz CT molecular complexity index is 1580. The van der Waals surface area contributed by atoms with E-state index in [2.05, 4.69) is 156 Å². The zero-order valence-corrected chi connectivity index (χ0v) is 47.0. The fourth-order valence-electron chi connectivity index (χ4n) is 7.51. The van der Waals surface area contributed by atoms with Crippen LogP contribution >= 0.6 is 15.8 Å². The monoisotopic (exact) mass is 1130 g/mol. The molecule has 7 rings (SSSR count). The van der Waals surface area contributed by atoms with Crippen molar-refractivity contribution in [3.63, 3.8) is 0 Å². The van der Waals surface area contributed by atoms with Crippen LogP contribution in [0.15, 0.2) is 60.9 Å². The van der Waals surface area contributed by atoms with Crippen molar-refractivity contribution < 1.29 is 77.0 Å². The Balaban J connectivity index is -0.000000403. The van der Waals surface area contributed by atoms with Gasteiger partial charge in [0, 0.05) is 63.4 Å². The summed E-state index contributed by atoms with van der Waals surface area (Å²) in [4.78, 5) is 0. The molecule has 5 heterocycles. The molecule has 2 aromatic carbocycles. The van der Waals surface area contributed by atoms with Gasteiger partial charge in [0.05, 0.1) is 0 Å². The maximum Gasteiger partial charge on any atom is 2.00 e.